The molecule has 3 atom stereocenters. The van der Waals surface area contributed by atoms with Crippen molar-refractivity contribution in [3.63, 3.8) is 0 Å². The van der Waals surface area contributed by atoms with Crippen molar-refractivity contribution in [2.24, 2.45) is 5.92 Å². The van der Waals surface area contributed by atoms with Gasteiger partial charge in [0.2, 0.25) is 5.91 Å². The minimum Gasteiger partial charge on any atom is -0.393 e. The number of hydrogen-bond acceptors (Lipinski definition) is 5. The van der Waals surface area contributed by atoms with Gasteiger partial charge >= 0.3 is 0 Å². The molecular weight excluding hydrogens is 268 g/mol. The van der Waals surface area contributed by atoms with E-state index in [1.165, 1.54) is 0 Å². The molecule has 0 aromatic rings. The summed E-state index contributed by atoms with van der Waals surface area (Å²) in [5, 5.41) is 15.5. The predicted octanol–water partition coefficient (Wildman–Crippen LogP) is -0.960. The van der Waals surface area contributed by atoms with E-state index in [2.05, 4.69) is 10.6 Å². The molecule has 1 heterocycles. The molecule has 1 amide bonds. The van der Waals surface area contributed by atoms with E-state index in [0.29, 0.717) is 13.1 Å². The third-order valence-corrected chi connectivity index (χ3v) is 5.65. The van der Waals surface area contributed by atoms with E-state index in [9.17, 15) is 18.3 Å². The molecule has 1 saturated heterocycles. The van der Waals surface area contributed by atoms with Crippen LogP contribution in [0.25, 0.3) is 0 Å². The lowest BCUT2D eigenvalue weighted by molar-refractivity contribution is -0.121. The highest BCUT2D eigenvalue weighted by Crippen LogP contribution is 2.24. The van der Waals surface area contributed by atoms with Gasteiger partial charge in [0.15, 0.2) is 9.84 Å². The van der Waals surface area contributed by atoms with Crippen LogP contribution in [0.1, 0.15) is 25.7 Å². The zero-order valence-corrected chi connectivity index (χ0v) is 11.8. The third-order valence-electron chi connectivity index (χ3n) is 3.91. The van der Waals surface area contributed by atoms with E-state index >= 15 is 0 Å². The first-order valence-corrected chi connectivity index (χ1v) is 8.67. The lowest BCUT2D eigenvalue weighted by atomic mass is 10.1. The Morgan fingerprint density at radius 3 is 2.79 bits per heavy atom. The Morgan fingerprint density at radius 1 is 1.37 bits per heavy atom. The molecule has 0 spiro atoms. The highest BCUT2D eigenvalue weighted by Gasteiger charge is 2.28. The maximum absolute atomic E-state index is 11.8. The fourth-order valence-electron chi connectivity index (χ4n) is 2.79. The average Bonchev–Trinajstić information content (AvgIpc) is 2.71. The van der Waals surface area contributed by atoms with E-state index in [1.807, 2.05) is 0 Å². The topological polar surface area (TPSA) is 95.5 Å². The summed E-state index contributed by atoms with van der Waals surface area (Å²) >= 11 is 0. The molecule has 0 aromatic heterocycles. The van der Waals surface area contributed by atoms with Crippen LogP contribution in [0.15, 0.2) is 0 Å². The van der Waals surface area contributed by atoms with Crippen molar-refractivity contribution in [1.29, 1.82) is 0 Å². The summed E-state index contributed by atoms with van der Waals surface area (Å²) in [7, 11) is -3.00. The number of sulfone groups is 1. The third kappa shape index (κ3) is 4.43. The molecule has 2 fully saturated rings. The van der Waals surface area contributed by atoms with Crippen LogP contribution in [0.4, 0.5) is 0 Å². The summed E-state index contributed by atoms with van der Waals surface area (Å²) in [6.45, 7) is 0.904. The second-order valence-electron chi connectivity index (χ2n) is 5.53. The van der Waals surface area contributed by atoms with Crippen molar-refractivity contribution in [2.75, 3.05) is 24.6 Å². The SMILES string of the molecule is O=C(CC1CS(=O)(=O)CCN1)NCC1CCCC1O. The smallest absolute Gasteiger partial charge is 0.221 e. The predicted molar refractivity (Wildman–Crippen MR) is 71.4 cm³/mol. The molecule has 19 heavy (non-hydrogen) atoms. The molecule has 6 nitrogen and oxygen atoms in total. The van der Waals surface area contributed by atoms with Gasteiger partial charge in [0.1, 0.15) is 0 Å². The number of carbonyl (C=O) groups is 1. The van der Waals surface area contributed by atoms with Gasteiger partial charge in [-0.15, -0.1) is 0 Å². The Bertz CT molecular complexity index is 423. The number of hydrogen-bond donors (Lipinski definition) is 3. The van der Waals surface area contributed by atoms with Crippen LogP contribution < -0.4 is 10.6 Å². The summed E-state index contributed by atoms with van der Waals surface area (Å²) in [5.41, 5.74) is 0. The second kappa shape index (κ2) is 6.19. The van der Waals surface area contributed by atoms with Gasteiger partial charge in [-0.3, -0.25) is 4.79 Å². The first-order valence-electron chi connectivity index (χ1n) is 6.85. The zero-order chi connectivity index (χ0) is 13.9. The van der Waals surface area contributed by atoms with Crippen LogP contribution in [-0.4, -0.2) is 56.2 Å². The molecule has 2 aliphatic rings. The standard InChI is InChI=1S/C12H22N2O4S/c15-11-3-1-2-9(11)7-14-12(16)6-10-8-19(17,18)5-4-13-10/h9-11,13,15H,1-8H2,(H,14,16). The summed E-state index contributed by atoms with van der Waals surface area (Å²) in [6, 6.07) is -0.285. The van der Waals surface area contributed by atoms with Crippen molar-refractivity contribution in [3.05, 3.63) is 0 Å². The van der Waals surface area contributed by atoms with Gasteiger partial charge in [-0.25, -0.2) is 8.42 Å². The molecule has 1 saturated carbocycles. The van der Waals surface area contributed by atoms with E-state index in [4.69, 9.17) is 0 Å². The fraction of sp³-hybridized carbons (Fsp3) is 0.917. The summed E-state index contributed by atoms with van der Waals surface area (Å²) in [6.07, 6.45) is 2.63. The Kier molecular flexibility index (Phi) is 4.81. The molecule has 1 aliphatic heterocycles. The van der Waals surface area contributed by atoms with Crippen LogP contribution in [0.5, 0.6) is 0 Å². The van der Waals surface area contributed by atoms with Gasteiger partial charge in [0.25, 0.3) is 0 Å². The first kappa shape index (κ1) is 14.7. The largest absolute Gasteiger partial charge is 0.393 e. The van der Waals surface area contributed by atoms with Crippen molar-refractivity contribution < 1.29 is 18.3 Å². The maximum atomic E-state index is 11.8. The van der Waals surface area contributed by atoms with Gasteiger partial charge in [-0.1, -0.05) is 6.42 Å². The number of carbonyl (C=O) groups excluding carboxylic acids is 1. The molecule has 0 bridgehead atoms. The Labute approximate surface area is 113 Å². The Morgan fingerprint density at radius 2 is 2.16 bits per heavy atom. The zero-order valence-electron chi connectivity index (χ0n) is 11.0. The average molecular weight is 290 g/mol. The molecule has 110 valence electrons. The molecule has 3 N–H and O–H groups in total. The number of aliphatic hydroxyl groups excluding tert-OH is 1. The van der Waals surface area contributed by atoms with Crippen LogP contribution in [0.2, 0.25) is 0 Å². The van der Waals surface area contributed by atoms with Crippen molar-refractivity contribution >= 4 is 15.7 Å². The van der Waals surface area contributed by atoms with Crippen molar-refractivity contribution in [2.45, 2.75) is 37.8 Å². The molecule has 3 unspecified atom stereocenters. The Hall–Kier alpha value is -0.660. The lowest BCUT2D eigenvalue weighted by Crippen LogP contribution is -2.47. The van der Waals surface area contributed by atoms with Crippen LogP contribution in [0.3, 0.4) is 0 Å². The molecule has 7 heteroatoms. The molecular formula is C12H22N2O4S. The lowest BCUT2D eigenvalue weighted by Gasteiger charge is -2.23. The van der Waals surface area contributed by atoms with Crippen LogP contribution in [-0.2, 0) is 14.6 Å². The van der Waals surface area contributed by atoms with Gasteiger partial charge in [0.05, 0.1) is 17.6 Å². The Balaban J connectivity index is 1.72. The van der Waals surface area contributed by atoms with Gasteiger partial charge < -0.3 is 15.7 Å². The van der Waals surface area contributed by atoms with E-state index in [1.54, 1.807) is 0 Å². The van der Waals surface area contributed by atoms with Crippen molar-refractivity contribution in [1.82, 2.24) is 10.6 Å². The van der Waals surface area contributed by atoms with Gasteiger partial charge in [-0.2, -0.15) is 0 Å². The minimum atomic E-state index is -3.00. The number of rotatable bonds is 4. The van der Waals surface area contributed by atoms with E-state index in [-0.39, 0.29) is 41.9 Å². The monoisotopic (exact) mass is 290 g/mol. The highest BCUT2D eigenvalue weighted by molar-refractivity contribution is 7.91. The first-order chi connectivity index (χ1) is 8.96. The fourth-order valence-corrected chi connectivity index (χ4v) is 4.24. The van der Waals surface area contributed by atoms with E-state index < -0.39 is 9.84 Å². The van der Waals surface area contributed by atoms with Gasteiger partial charge in [0, 0.05) is 31.5 Å². The quantitative estimate of drug-likeness (QED) is 0.620. The number of nitrogens with one attached hydrogen (secondary N) is 2. The normalized spacial score (nSPS) is 34.1. The minimum absolute atomic E-state index is 0.0342. The molecule has 0 aromatic carbocycles. The summed E-state index contributed by atoms with van der Waals surface area (Å²) in [4.78, 5) is 11.8. The number of aliphatic hydroxyl groups is 1. The van der Waals surface area contributed by atoms with Gasteiger partial charge in [-0.05, 0) is 12.8 Å². The van der Waals surface area contributed by atoms with Crippen molar-refractivity contribution in [3.8, 4) is 0 Å². The highest BCUT2D eigenvalue weighted by atomic mass is 32.2. The van der Waals surface area contributed by atoms with Crippen LogP contribution in [0, 0.1) is 5.92 Å². The molecule has 1 aliphatic carbocycles. The van der Waals surface area contributed by atoms with E-state index in [0.717, 1.165) is 19.3 Å². The summed E-state index contributed by atoms with van der Waals surface area (Å²) < 4.78 is 22.9. The number of amides is 1. The summed E-state index contributed by atoms with van der Waals surface area (Å²) in [5.74, 6) is 0.187. The molecule has 0 radical (unpaired) electrons. The van der Waals surface area contributed by atoms with Crippen LogP contribution >= 0.6 is 0 Å². The second-order valence-corrected chi connectivity index (χ2v) is 7.76. The molecule has 2 rings (SSSR count). The maximum Gasteiger partial charge on any atom is 0.221 e.